The normalized spacial score (nSPS) is 12.7. The van der Waals surface area contributed by atoms with Crippen molar-refractivity contribution < 1.29 is 0 Å². The van der Waals surface area contributed by atoms with Gasteiger partial charge in [-0.2, -0.15) is 4.68 Å². The summed E-state index contributed by atoms with van der Waals surface area (Å²) in [6.07, 6.45) is 2.73. The van der Waals surface area contributed by atoms with Crippen molar-refractivity contribution in [3.63, 3.8) is 0 Å². The van der Waals surface area contributed by atoms with E-state index in [2.05, 4.69) is 41.6 Å². The van der Waals surface area contributed by atoms with Gasteiger partial charge in [-0.25, -0.2) is 0 Å². The van der Waals surface area contributed by atoms with E-state index in [1.807, 2.05) is 24.3 Å². The second-order valence-electron chi connectivity index (χ2n) is 4.95. The molecule has 0 aliphatic heterocycles. The molecule has 0 aliphatic rings. The van der Waals surface area contributed by atoms with Crippen LogP contribution in [-0.2, 0) is 0 Å². The van der Waals surface area contributed by atoms with Crippen molar-refractivity contribution in [2.45, 2.75) is 33.2 Å². The summed E-state index contributed by atoms with van der Waals surface area (Å²) in [4.78, 5) is 0. The van der Waals surface area contributed by atoms with Crippen LogP contribution in [0, 0.1) is 5.92 Å². The summed E-state index contributed by atoms with van der Waals surface area (Å²) in [5.74, 6) is 0.674. The molecular weight excluding hydrogens is 226 g/mol. The quantitative estimate of drug-likeness (QED) is 0.879. The molecule has 1 N–H and O–H groups in total. The van der Waals surface area contributed by atoms with Crippen molar-refractivity contribution in [1.29, 1.82) is 0 Å². The van der Waals surface area contributed by atoms with E-state index in [1.165, 1.54) is 0 Å². The maximum atomic E-state index is 3.93. The molecule has 0 spiro atoms. The highest BCUT2D eigenvalue weighted by Crippen LogP contribution is 2.20. The van der Waals surface area contributed by atoms with E-state index in [0.717, 1.165) is 17.8 Å². The van der Waals surface area contributed by atoms with Crippen LogP contribution in [0.25, 0.3) is 5.69 Å². The lowest BCUT2D eigenvalue weighted by Crippen LogP contribution is -2.18. The van der Waals surface area contributed by atoms with Gasteiger partial charge in [-0.15, -0.1) is 5.10 Å². The smallest absolute Gasteiger partial charge is 0.143 e. The van der Waals surface area contributed by atoms with E-state index < -0.39 is 0 Å². The van der Waals surface area contributed by atoms with Gasteiger partial charge < -0.3 is 5.32 Å². The first kappa shape index (κ1) is 12.5. The summed E-state index contributed by atoms with van der Waals surface area (Å²) in [6, 6.07) is 8.46. The fourth-order valence-corrected chi connectivity index (χ4v) is 2.10. The van der Waals surface area contributed by atoms with Crippen molar-refractivity contribution >= 4 is 5.69 Å². The molecule has 0 saturated carbocycles. The summed E-state index contributed by atoms with van der Waals surface area (Å²) in [5, 5.41) is 14.8. The number of nitrogens with zero attached hydrogens (tertiary/aromatic N) is 4. The Morgan fingerprint density at radius 1 is 1.22 bits per heavy atom. The van der Waals surface area contributed by atoms with Crippen LogP contribution in [0.15, 0.2) is 30.6 Å². The van der Waals surface area contributed by atoms with Gasteiger partial charge in [-0.05, 0) is 41.8 Å². The number of anilines is 1. The van der Waals surface area contributed by atoms with Crippen molar-refractivity contribution in [1.82, 2.24) is 20.2 Å². The lowest BCUT2D eigenvalue weighted by Gasteiger charge is -2.19. The molecule has 0 fully saturated rings. The Labute approximate surface area is 107 Å². The molecule has 0 aliphatic carbocycles. The number of para-hydroxylation sites is 2. The first-order valence-electron chi connectivity index (χ1n) is 6.25. The van der Waals surface area contributed by atoms with Crippen molar-refractivity contribution in [2.75, 3.05) is 5.32 Å². The zero-order chi connectivity index (χ0) is 13.0. The molecule has 5 heteroatoms. The van der Waals surface area contributed by atoms with Gasteiger partial charge in [0.2, 0.25) is 0 Å². The number of hydrogen-bond acceptors (Lipinski definition) is 4. The second-order valence-corrected chi connectivity index (χ2v) is 4.95. The molecule has 96 valence electrons. The molecule has 0 saturated heterocycles. The first-order chi connectivity index (χ1) is 8.66. The standard InChI is InChI=1S/C13H19N5/c1-10(2)8-11(3)15-12-6-4-5-7-13(12)18-9-14-16-17-18/h4-7,9-11,15H,8H2,1-3H3. The van der Waals surface area contributed by atoms with Crippen LogP contribution in [0.5, 0.6) is 0 Å². The fraction of sp³-hybridized carbons (Fsp3) is 0.462. The highest BCUT2D eigenvalue weighted by molar-refractivity contribution is 5.60. The Balaban J connectivity index is 2.18. The van der Waals surface area contributed by atoms with Crippen molar-refractivity contribution in [3.8, 4) is 5.69 Å². The van der Waals surface area contributed by atoms with Crippen LogP contribution >= 0.6 is 0 Å². The van der Waals surface area contributed by atoms with E-state index in [4.69, 9.17) is 0 Å². The highest BCUT2D eigenvalue weighted by Gasteiger charge is 2.09. The largest absolute Gasteiger partial charge is 0.381 e. The Bertz CT molecular complexity index is 478. The second kappa shape index (κ2) is 5.62. The minimum Gasteiger partial charge on any atom is -0.381 e. The minimum absolute atomic E-state index is 0.419. The number of aromatic nitrogens is 4. The summed E-state index contributed by atoms with van der Waals surface area (Å²) in [7, 11) is 0. The van der Waals surface area contributed by atoms with Crippen LogP contribution in [0.1, 0.15) is 27.2 Å². The summed E-state index contributed by atoms with van der Waals surface area (Å²) < 4.78 is 1.67. The topological polar surface area (TPSA) is 55.6 Å². The summed E-state index contributed by atoms with van der Waals surface area (Å²) in [5.41, 5.74) is 2.02. The number of tetrazole rings is 1. The monoisotopic (exact) mass is 245 g/mol. The number of rotatable bonds is 5. The van der Waals surface area contributed by atoms with Gasteiger partial charge in [0.15, 0.2) is 0 Å². The molecule has 1 atom stereocenters. The zero-order valence-electron chi connectivity index (χ0n) is 11.0. The molecule has 2 rings (SSSR count). The SMILES string of the molecule is CC(C)CC(C)Nc1ccccc1-n1cnnn1. The Morgan fingerprint density at radius 3 is 2.67 bits per heavy atom. The predicted octanol–water partition coefficient (Wildman–Crippen LogP) is 2.51. The fourth-order valence-electron chi connectivity index (χ4n) is 2.10. The maximum Gasteiger partial charge on any atom is 0.143 e. The van der Waals surface area contributed by atoms with E-state index in [0.29, 0.717) is 12.0 Å². The van der Waals surface area contributed by atoms with Gasteiger partial charge in [0.05, 0.1) is 11.4 Å². The third kappa shape index (κ3) is 3.06. The molecule has 0 radical (unpaired) electrons. The molecule has 5 nitrogen and oxygen atoms in total. The van der Waals surface area contributed by atoms with Crippen LogP contribution in [-0.4, -0.2) is 26.2 Å². The molecule has 0 bridgehead atoms. The summed E-state index contributed by atoms with van der Waals surface area (Å²) in [6.45, 7) is 6.65. The van der Waals surface area contributed by atoms with E-state index in [1.54, 1.807) is 11.0 Å². The van der Waals surface area contributed by atoms with Gasteiger partial charge in [-0.1, -0.05) is 26.0 Å². The third-order valence-electron chi connectivity index (χ3n) is 2.73. The van der Waals surface area contributed by atoms with Crippen molar-refractivity contribution in [2.24, 2.45) is 5.92 Å². The van der Waals surface area contributed by atoms with E-state index in [9.17, 15) is 0 Å². The van der Waals surface area contributed by atoms with Gasteiger partial charge in [0.1, 0.15) is 6.33 Å². The first-order valence-corrected chi connectivity index (χ1v) is 6.25. The molecule has 1 unspecified atom stereocenters. The number of benzene rings is 1. The molecular formula is C13H19N5. The number of hydrogen-bond donors (Lipinski definition) is 1. The van der Waals surface area contributed by atoms with Crippen LogP contribution in [0.3, 0.4) is 0 Å². The Morgan fingerprint density at radius 2 is 2.00 bits per heavy atom. The lowest BCUT2D eigenvalue weighted by molar-refractivity contribution is 0.539. The molecule has 1 aromatic heterocycles. The average Bonchev–Trinajstić information content (AvgIpc) is 2.81. The zero-order valence-corrected chi connectivity index (χ0v) is 11.0. The predicted molar refractivity (Wildman–Crippen MR) is 71.7 cm³/mol. The van der Waals surface area contributed by atoms with Crippen LogP contribution in [0.4, 0.5) is 5.69 Å². The molecule has 2 aromatic rings. The third-order valence-corrected chi connectivity index (χ3v) is 2.73. The van der Waals surface area contributed by atoms with E-state index >= 15 is 0 Å². The summed E-state index contributed by atoms with van der Waals surface area (Å²) >= 11 is 0. The average molecular weight is 245 g/mol. The minimum atomic E-state index is 0.419. The van der Waals surface area contributed by atoms with E-state index in [-0.39, 0.29) is 0 Å². The van der Waals surface area contributed by atoms with Gasteiger partial charge in [-0.3, -0.25) is 0 Å². The van der Waals surface area contributed by atoms with Crippen LogP contribution < -0.4 is 5.32 Å². The van der Waals surface area contributed by atoms with Gasteiger partial charge in [0.25, 0.3) is 0 Å². The molecule has 0 amide bonds. The molecule has 1 aromatic carbocycles. The highest BCUT2D eigenvalue weighted by atomic mass is 15.5. The van der Waals surface area contributed by atoms with Crippen LogP contribution in [0.2, 0.25) is 0 Å². The number of nitrogens with one attached hydrogen (secondary N) is 1. The van der Waals surface area contributed by atoms with Gasteiger partial charge >= 0.3 is 0 Å². The maximum absolute atomic E-state index is 3.93. The molecule has 18 heavy (non-hydrogen) atoms. The Hall–Kier alpha value is -1.91. The van der Waals surface area contributed by atoms with Crippen molar-refractivity contribution in [3.05, 3.63) is 30.6 Å². The lowest BCUT2D eigenvalue weighted by atomic mass is 10.0. The molecule has 1 heterocycles. The van der Waals surface area contributed by atoms with Gasteiger partial charge in [0, 0.05) is 6.04 Å². The Kier molecular flexibility index (Phi) is 3.92.